The Labute approximate surface area is 128 Å². The molecule has 2 aromatic rings. The number of nitrogens with zero attached hydrogens (tertiary/aromatic N) is 1. The minimum atomic E-state index is -1.23. The van der Waals surface area contributed by atoms with Crippen molar-refractivity contribution in [2.75, 3.05) is 5.32 Å². The number of carbonyl (C=O) groups is 1. The summed E-state index contributed by atoms with van der Waals surface area (Å²) in [6.45, 7) is 1.82. The van der Waals surface area contributed by atoms with E-state index >= 15 is 0 Å². The van der Waals surface area contributed by atoms with Gasteiger partial charge in [0.15, 0.2) is 0 Å². The molecule has 108 valence electrons. The lowest BCUT2D eigenvalue weighted by molar-refractivity contribution is -0.383. The third kappa shape index (κ3) is 3.03. The predicted molar refractivity (Wildman–Crippen MR) is 82.2 cm³/mol. The molecule has 0 radical (unpaired) electrons. The number of benzene rings is 2. The number of aromatic carboxylic acids is 1. The fourth-order valence-corrected chi connectivity index (χ4v) is 2.25. The number of halogens is 1. The number of anilines is 2. The molecule has 6 nitrogen and oxygen atoms in total. The first-order valence-electron chi connectivity index (χ1n) is 5.94. The van der Waals surface area contributed by atoms with E-state index in [-0.39, 0.29) is 16.9 Å². The average Bonchev–Trinajstić information content (AvgIpc) is 2.43. The van der Waals surface area contributed by atoms with E-state index in [2.05, 4.69) is 21.2 Å². The zero-order valence-corrected chi connectivity index (χ0v) is 12.5. The Kier molecular flexibility index (Phi) is 4.23. The maximum Gasteiger partial charge on any atom is 0.338 e. The number of hydrogen-bond donors (Lipinski definition) is 2. The largest absolute Gasteiger partial charge is 0.478 e. The summed E-state index contributed by atoms with van der Waals surface area (Å²) < 4.78 is 0.822. The van der Waals surface area contributed by atoms with Crippen molar-refractivity contribution in [1.29, 1.82) is 0 Å². The molecule has 2 rings (SSSR count). The molecule has 0 aliphatic heterocycles. The topological polar surface area (TPSA) is 92.5 Å². The van der Waals surface area contributed by atoms with Crippen molar-refractivity contribution in [2.45, 2.75) is 6.92 Å². The summed E-state index contributed by atoms with van der Waals surface area (Å²) in [4.78, 5) is 21.8. The highest BCUT2D eigenvalue weighted by Gasteiger charge is 2.22. The van der Waals surface area contributed by atoms with Gasteiger partial charge in [0.25, 0.3) is 5.69 Å². The van der Waals surface area contributed by atoms with Gasteiger partial charge in [-0.05, 0) is 30.7 Å². The third-order valence-corrected chi connectivity index (χ3v) is 3.86. The second-order valence-electron chi connectivity index (χ2n) is 4.30. The maximum absolute atomic E-state index is 11.3. The summed E-state index contributed by atoms with van der Waals surface area (Å²) in [6, 6.07) is 9.25. The Hall–Kier alpha value is -2.41. The van der Waals surface area contributed by atoms with Gasteiger partial charge < -0.3 is 10.4 Å². The molecule has 2 N–H and O–H groups in total. The maximum atomic E-state index is 11.3. The normalized spacial score (nSPS) is 10.2. The van der Waals surface area contributed by atoms with Crippen LogP contribution in [0.4, 0.5) is 17.1 Å². The molecule has 7 heteroatoms. The molecule has 0 unspecified atom stereocenters. The van der Waals surface area contributed by atoms with Gasteiger partial charge in [0.05, 0.1) is 10.5 Å². The predicted octanol–water partition coefficient (Wildman–Crippen LogP) is 4.11. The number of nitrogens with one attached hydrogen (secondary N) is 1. The average molecular weight is 351 g/mol. The van der Waals surface area contributed by atoms with Crippen LogP contribution < -0.4 is 5.32 Å². The van der Waals surface area contributed by atoms with Crippen molar-refractivity contribution < 1.29 is 14.8 Å². The van der Waals surface area contributed by atoms with Crippen LogP contribution in [-0.4, -0.2) is 16.0 Å². The molecule has 0 fully saturated rings. The lowest BCUT2D eigenvalue weighted by atomic mass is 10.1. The molecule has 0 bridgehead atoms. The highest BCUT2D eigenvalue weighted by Crippen LogP contribution is 2.33. The van der Waals surface area contributed by atoms with E-state index < -0.39 is 10.9 Å². The molecule has 0 aliphatic rings. The molecule has 0 aliphatic carbocycles. The Balaban J connectivity index is 2.59. The van der Waals surface area contributed by atoms with Gasteiger partial charge in [-0.2, -0.15) is 0 Å². The minimum absolute atomic E-state index is 0.0313. The van der Waals surface area contributed by atoms with E-state index in [0.717, 1.165) is 10.0 Å². The Morgan fingerprint density at radius 3 is 2.57 bits per heavy atom. The zero-order chi connectivity index (χ0) is 15.6. The summed E-state index contributed by atoms with van der Waals surface area (Å²) in [7, 11) is 0. The van der Waals surface area contributed by atoms with Gasteiger partial charge in [-0.3, -0.25) is 10.1 Å². The first-order valence-corrected chi connectivity index (χ1v) is 6.74. The van der Waals surface area contributed by atoms with Crippen molar-refractivity contribution in [3.63, 3.8) is 0 Å². The van der Waals surface area contributed by atoms with Crippen LogP contribution in [0.2, 0.25) is 0 Å². The van der Waals surface area contributed by atoms with E-state index in [4.69, 9.17) is 0 Å². The molecule has 2 aromatic carbocycles. The molecule has 0 spiro atoms. The molecule has 0 heterocycles. The van der Waals surface area contributed by atoms with Gasteiger partial charge >= 0.3 is 5.97 Å². The van der Waals surface area contributed by atoms with Crippen molar-refractivity contribution in [3.05, 3.63) is 62.1 Å². The van der Waals surface area contributed by atoms with Crippen LogP contribution >= 0.6 is 15.9 Å². The van der Waals surface area contributed by atoms with E-state index in [9.17, 15) is 20.0 Å². The summed E-state index contributed by atoms with van der Waals surface area (Å²) in [5, 5.41) is 23.2. The molecule has 0 atom stereocenters. The van der Waals surface area contributed by atoms with Crippen molar-refractivity contribution in [3.8, 4) is 0 Å². The lowest BCUT2D eigenvalue weighted by Crippen LogP contribution is -2.06. The summed E-state index contributed by atoms with van der Waals surface area (Å²) in [5.41, 5.74) is 0.960. The molecule has 0 saturated carbocycles. The smallest absolute Gasteiger partial charge is 0.338 e. The molecule has 0 saturated heterocycles. The second-order valence-corrected chi connectivity index (χ2v) is 5.15. The Bertz CT molecular complexity index is 699. The summed E-state index contributed by atoms with van der Waals surface area (Å²) >= 11 is 3.36. The van der Waals surface area contributed by atoms with Crippen LogP contribution in [0.1, 0.15) is 15.9 Å². The number of nitro benzene ring substituents is 1. The van der Waals surface area contributed by atoms with E-state index in [1.54, 1.807) is 12.1 Å². The SMILES string of the molecule is Cc1c(Br)cccc1Nc1c(C(=O)O)cccc1[N+](=O)[O-]. The van der Waals surface area contributed by atoms with E-state index in [0.29, 0.717) is 5.69 Å². The van der Waals surface area contributed by atoms with Gasteiger partial charge in [0.1, 0.15) is 5.69 Å². The highest BCUT2D eigenvalue weighted by atomic mass is 79.9. The molecule has 0 aromatic heterocycles. The zero-order valence-electron chi connectivity index (χ0n) is 11.0. The van der Waals surface area contributed by atoms with Crippen molar-refractivity contribution in [2.24, 2.45) is 0 Å². The Morgan fingerprint density at radius 1 is 1.29 bits per heavy atom. The van der Waals surface area contributed by atoms with Crippen molar-refractivity contribution >= 4 is 39.0 Å². The third-order valence-electron chi connectivity index (χ3n) is 3.00. The standard InChI is InChI=1S/C14H11BrN2O4/c1-8-10(15)5-3-6-11(8)16-13-9(14(18)19)4-2-7-12(13)17(20)21/h2-7,16H,1H3,(H,18,19). The number of para-hydroxylation sites is 1. The van der Waals surface area contributed by atoms with Crippen LogP contribution in [0.5, 0.6) is 0 Å². The van der Waals surface area contributed by atoms with Gasteiger partial charge in [-0.15, -0.1) is 0 Å². The van der Waals surface area contributed by atoms with E-state index in [1.165, 1.54) is 18.2 Å². The fourth-order valence-electron chi connectivity index (χ4n) is 1.88. The number of carboxylic acids is 1. The van der Waals surface area contributed by atoms with Crippen LogP contribution in [-0.2, 0) is 0 Å². The number of carboxylic acid groups (broad SMARTS) is 1. The van der Waals surface area contributed by atoms with Gasteiger partial charge in [0.2, 0.25) is 0 Å². The molecule has 0 amide bonds. The monoisotopic (exact) mass is 350 g/mol. The first kappa shape index (κ1) is 15.0. The first-order chi connectivity index (χ1) is 9.91. The second kappa shape index (κ2) is 5.92. The van der Waals surface area contributed by atoms with Crippen LogP contribution in [0.25, 0.3) is 0 Å². The summed E-state index contributed by atoms with van der Waals surface area (Å²) in [5.74, 6) is -1.23. The minimum Gasteiger partial charge on any atom is -0.478 e. The van der Waals surface area contributed by atoms with Crippen LogP contribution in [0.3, 0.4) is 0 Å². The van der Waals surface area contributed by atoms with Crippen LogP contribution in [0.15, 0.2) is 40.9 Å². The Morgan fingerprint density at radius 2 is 1.95 bits per heavy atom. The van der Waals surface area contributed by atoms with Gasteiger partial charge in [-0.25, -0.2) is 4.79 Å². The number of rotatable bonds is 4. The number of hydrogen-bond acceptors (Lipinski definition) is 4. The molecule has 21 heavy (non-hydrogen) atoms. The quantitative estimate of drug-likeness (QED) is 0.639. The van der Waals surface area contributed by atoms with Crippen LogP contribution in [0, 0.1) is 17.0 Å². The highest BCUT2D eigenvalue weighted by molar-refractivity contribution is 9.10. The van der Waals surface area contributed by atoms with Gasteiger partial charge in [0, 0.05) is 16.2 Å². The number of nitro groups is 1. The molecular formula is C14H11BrN2O4. The summed E-state index contributed by atoms with van der Waals surface area (Å²) in [6.07, 6.45) is 0. The lowest BCUT2D eigenvalue weighted by Gasteiger charge is -2.13. The van der Waals surface area contributed by atoms with E-state index in [1.807, 2.05) is 13.0 Å². The molecular weight excluding hydrogens is 340 g/mol. The van der Waals surface area contributed by atoms with Gasteiger partial charge in [-0.1, -0.05) is 28.1 Å². The van der Waals surface area contributed by atoms with Crippen molar-refractivity contribution in [1.82, 2.24) is 0 Å². The fraction of sp³-hybridized carbons (Fsp3) is 0.0714.